The van der Waals surface area contributed by atoms with Crippen LogP contribution in [0.15, 0.2) is 22.8 Å². The van der Waals surface area contributed by atoms with Crippen LogP contribution in [0.3, 0.4) is 0 Å². The van der Waals surface area contributed by atoms with Crippen molar-refractivity contribution >= 4 is 0 Å². The van der Waals surface area contributed by atoms with Gasteiger partial charge in [0.25, 0.3) is 0 Å². The maximum Gasteiger partial charge on any atom is 0.133 e. The highest BCUT2D eigenvalue weighted by Gasteiger charge is 2.61. The van der Waals surface area contributed by atoms with E-state index in [9.17, 15) is 5.11 Å². The van der Waals surface area contributed by atoms with Gasteiger partial charge in [0.05, 0.1) is 17.7 Å². The van der Waals surface area contributed by atoms with Crippen molar-refractivity contribution < 1.29 is 9.84 Å². The Morgan fingerprint density at radius 3 is 2.84 bits per heavy atom. The van der Waals surface area contributed by atoms with Crippen molar-refractivity contribution in [2.75, 3.05) is 6.54 Å². The van der Waals surface area contributed by atoms with Gasteiger partial charge < -0.3 is 20.9 Å². The fraction of sp³-hybridized carbons (Fsp3) is 0.852. The molecule has 4 N–H and O–H groups in total. The van der Waals surface area contributed by atoms with Crippen molar-refractivity contribution in [3.05, 3.63) is 22.8 Å². The highest BCUT2D eigenvalue weighted by molar-refractivity contribution is 5.34. The maximum atomic E-state index is 10.3. The first-order valence-electron chi connectivity index (χ1n) is 13.0. The number of aliphatic hydroxyl groups is 1. The average Bonchev–Trinajstić information content (AvgIpc) is 3.16. The smallest absolute Gasteiger partial charge is 0.133 e. The molecular formula is C27H42N2O2. The lowest BCUT2D eigenvalue weighted by Gasteiger charge is -2.49. The summed E-state index contributed by atoms with van der Waals surface area (Å²) < 4.78 is 6.90. The lowest BCUT2D eigenvalue weighted by molar-refractivity contribution is -0.125. The molecule has 4 aliphatic carbocycles. The van der Waals surface area contributed by atoms with Crippen LogP contribution in [0.1, 0.15) is 85.0 Å². The molecule has 172 valence electrons. The van der Waals surface area contributed by atoms with Crippen molar-refractivity contribution in [3.8, 4) is 0 Å². The Morgan fingerprint density at radius 2 is 2.03 bits per heavy atom. The van der Waals surface area contributed by atoms with Crippen molar-refractivity contribution in [1.82, 2.24) is 5.32 Å². The summed E-state index contributed by atoms with van der Waals surface area (Å²) >= 11 is 0. The van der Waals surface area contributed by atoms with Gasteiger partial charge in [-0.15, -0.1) is 0 Å². The summed E-state index contributed by atoms with van der Waals surface area (Å²) in [5.41, 5.74) is 11.5. The van der Waals surface area contributed by atoms with Gasteiger partial charge in [-0.2, -0.15) is 0 Å². The number of piperidine rings is 1. The number of nitrogens with one attached hydrogen (secondary N) is 1. The predicted octanol–water partition coefficient (Wildman–Crippen LogP) is 4.43. The molecule has 4 fully saturated rings. The number of fused-ring (bicyclic) bond motifs is 6. The number of ether oxygens (including phenoxy) is 1. The Bertz CT molecular complexity index is 835. The summed E-state index contributed by atoms with van der Waals surface area (Å²) in [6.07, 6.45) is 13.5. The van der Waals surface area contributed by atoms with Crippen LogP contribution in [0.25, 0.3) is 0 Å². The molecule has 2 heterocycles. The van der Waals surface area contributed by atoms with E-state index in [1.807, 2.05) is 0 Å². The number of aliphatic hydroxyl groups excluding tert-OH is 1. The first-order valence-corrected chi connectivity index (χ1v) is 13.0. The van der Waals surface area contributed by atoms with Crippen LogP contribution in [-0.2, 0) is 4.74 Å². The van der Waals surface area contributed by atoms with Gasteiger partial charge in [0.2, 0.25) is 0 Å². The maximum absolute atomic E-state index is 10.3. The molecule has 6 aliphatic rings. The van der Waals surface area contributed by atoms with Crippen molar-refractivity contribution in [1.29, 1.82) is 0 Å². The van der Waals surface area contributed by atoms with Gasteiger partial charge in [-0.05, 0) is 101 Å². The van der Waals surface area contributed by atoms with Crippen LogP contribution in [0.5, 0.6) is 0 Å². The van der Waals surface area contributed by atoms with Crippen molar-refractivity contribution in [2.45, 2.75) is 108 Å². The molecule has 9 atom stereocenters. The molecule has 2 saturated carbocycles. The van der Waals surface area contributed by atoms with Crippen LogP contribution < -0.4 is 11.1 Å². The number of hydrogen-bond acceptors (Lipinski definition) is 4. The standard InChI is InChI=1S/C27H42N2O2/c1-16-15-26(17(2)24-27(28,31-26)9-4-12-29-24)11-8-20-21-6-5-18-13-19(30)7-10-25(18,3)23(21)14-22(16)20/h5,17,19-21,23-24,29-30H,4,6-15,28H2,1-3H3. The van der Waals surface area contributed by atoms with E-state index in [1.54, 1.807) is 16.7 Å². The van der Waals surface area contributed by atoms with E-state index in [-0.39, 0.29) is 17.7 Å². The molecule has 0 aromatic carbocycles. The summed E-state index contributed by atoms with van der Waals surface area (Å²) in [7, 11) is 0. The van der Waals surface area contributed by atoms with E-state index < -0.39 is 5.72 Å². The molecule has 31 heavy (non-hydrogen) atoms. The van der Waals surface area contributed by atoms with Crippen LogP contribution >= 0.6 is 0 Å². The Balaban J connectivity index is 1.31. The molecule has 0 bridgehead atoms. The van der Waals surface area contributed by atoms with E-state index in [1.165, 1.54) is 19.3 Å². The SMILES string of the molecule is CC1=C2CC3C(CC=C4CC(O)CCC43C)C2CCC2(C1)OC1(N)CCCNC1C2C. The first kappa shape index (κ1) is 20.9. The molecule has 2 aliphatic heterocycles. The summed E-state index contributed by atoms with van der Waals surface area (Å²) in [5.74, 6) is 2.70. The summed E-state index contributed by atoms with van der Waals surface area (Å²) in [4.78, 5) is 0. The minimum Gasteiger partial charge on any atom is -0.393 e. The van der Waals surface area contributed by atoms with Gasteiger partial charge in [0.15, 0.2) is 0 Å². The Hall–Kier alpha value is -0.680. The third-order valence-electron chi connectivity index (χ3n) is 10.9. The van der Waals surface area contributed by atoms with Gasteiger partial charge in [-0.3, -0.25) is 0 Å². The third kappa shape index (κ3) is 2.87. The summed E-state index contributed by atoms with van der Waals surface area (Å²) in [6, 6.07) is 0.289. The zero-order chi connectivity index (χ0) is 21.6. The topological polar surface area (TPSA) is 67.5 Å². The number of rotatable bonds is 0. The second-order valence-electron chi connectivity index (χ2n) is 12.3. The van der Waals surface area contributed by atoms with Crippen molar-refractivity contribution in [3.63, 3.8) is 0 Å². The zero-order valence-electron chi connectivity index (χ0n) is 19.8. The molecule has 4 nitrogen and oxygen atoms in total. The molecule has 0 radical (unpaired) electrons. The second-order valence-corrected chi connectivity index (χ2v) is 12.3. The fourth-order valence-corrected chi connectivity index (χ4v) is 9.18. The summed E-state index contributed by atoms with van der Waals surface area (Å²) in [5, 5.41) is 14.0. The summed E-state index contributed by atoms with van der Waals surface area (Å²) in [6.45, 7) is 8.38. The molecule has 6 rings (SSSR count). The lowest BCUT2D eigenvalue weighted by Crippen LogP contribution is -2.59. The van der Waals surface area contributed by atoms with E-state index in [0.29, 0.717) is 17.3 Å². The molecule has 2 saturated heterocycles. The Kier molecular flexibility index (Phi) is 4.66. The molecule has 4 heteroatoms. The average molecular weight is 427 g/mol. The Labute approximate surface area is 188 Å². The molecular weight excluding hydrogens is 384 g/mol. The van der Waals surface area contributed by atoms with E-state index in [4.69, 9.17) is 10.5 Å². The normalized spacial score (nSPS) is 54.0. The first-order chi connectivity index (χ1) is 14.8. The van der Waals surface area contributed by atoms with E-state index >= 15 is 0 Å². The quantitative estimate of drug-likeness (QED) is 0.501. The molecule has 0 aromatic heterocycles. The van der Waals surface area contributed by atoms with E-state index in [2.05, 4.69) is 32.2 Å². The lowest BCUT2D eigenvalue weighted by atomic mass is 9.56. The third-order valence-corrected chi connectivity index (χ3v) is 10.9. The monoisotopic (exact) mass is 426 g/mol. The Morgan fingerprint density at radius 1 is 1.19 bits per heavy atom. The van der Waals surface area contributed by atoms with Crippen LogP contribution in [-0.4, -0.2) is 35.1 Å². The molecule has 0 aromatic rings. The van der Waals surface area contributed by atoms with Gasteiger partial charge in [0, 0.05) is 5.92 Å². The second kappa shape index (κ2) is 6.91. The molecule has 9 unspecified atom stereocenters. The molecule has 1 spiro atoms. The van der Waals surface area contributed by atoms with Gasteiger partial charge >= 0.3 is 0 Å². The van der Waals surface area contributed by atoms with E-state index in [0.717, 1.165) is 63.3 Å². The minimum atomic E-state index is -0.483. The van der Waals surface area contributed by atoms with Gasteiger partial charge in [-0.25, -0.2) is 0 Å². The largest absolute Gasteiger partial charge is 0.393 e. The highest BCUT2D eigenvalue weighted by atomic mass is 16.5. The predicted molar refractivity (Wildman–Crippen MR) is 123 cm³/mol. The minimum absolute atomic E-state index is 0.0950. The van der Waals surface area contributed by atoms with Crippen LogP contribution in [0.2, 0.25) is 0 Å². The van der Waals surface area contributed by atoms with Crippen LogP contribution in [0.4, 0.5) is 0 Å². The van der Waals surface area contributed by atoms with Gasteiger partial charge in [0.1, 0.15) is 5.72 Å². The highest BCUT2D eigenvalue weighted by Crippen LogP contribution is 2.63. The number of nitrogens with two attached hydrogens (primary N) is 1. The zero-order valence-corrected chi connectivity index (χ0v) is 19.8. The molecule has 0 amide bonds. The van der Waals surface area contributed by atoms with Crippen LogP contribution in [0, 0.1) is 29.1 Å². The van der Waals surface area contributed by atoms with Gasteiger partial charge in [-0.1, -0.05) is 36.6 Å². The fourth-order valence-electron chi connectivity index (χ4n) is 9.18. The number of hydrogen-bond donors (Lipinski definition) is 3. The van der Waals surface area contributed by atoms with Crippen molar-refractivity contribution in [2.24, 2.45) is 34.8 Å². The number of allylic oxidation sites excluding steroid dienone is 2.